The number of allylic oxidation sites excluding steroid dienone is 1. The predicted molar refractivity (Wildman–Crippen MR) is 99.3 cm³/mol. The molecule has 0 aliphatic rings. The van der Waals surface area contributed by atoms with Crippen molar-refractivity contribution in [3.63, 3.8) is 0 Å². The zero-order valence-electron chi connectivity index (χ0n) is 13.8. The summed E-state index contributed by atoms with van der Waals surface area (Å²) in [6.45, 7) is 8.93. The van der Waals surface area contributed by atoms with Crippen molar-refractivity contribution in [2.45, 2.75) is 37.2 Å². The number of hydrogen-bond acceptors (Lipinski definition) is 4. The maximum atomic E-state index is 12.1. The van der Waals surface area contributed by atoms with E-state index in [9.17, 15) is 4.79 Å². The van der Waals surface area contributed by atoms with E-state index in [-0.39, 0.29) is 11.2 Å². The van der Waals surface area contributed by atoms with Crippen LogP contribution in [0.1, 0.15) is 20.3 Å². The SMILES string of the molecule is C=CCn1c(S[C@@H](C)C(=O)NCCC)nnc1-c1ccc(Cl)cc1. The molecule has 0 spiro atoms. The summed E-state index contributed by atoms with van der Waals surface area (Å²) in [7, 11) is 0. The van der Waals surface area contributed by atoms with Crippen LogP contribution in [0.5, 0.6) is 0 Å². The lowest BCUT2D eigenvalue weighted by Crippen LogP contribution is -2.31. The summed E-state index contributed by atoms with van der Waals surface area (Å²) in [5.41, 5.74) is 0.920. The van der Waals surface area contributed by atoms with Gasteiger partial charge in [-0.25, -0.2) is 0 Å². The summed E-state index contributed by atoms with van der Waals surface area (Å²) in [5, 5.41) is 12.5. The van der Waals surface area contributed by atoms with Crippen molar-refractivity contribution in [1.82, 2.24) is 20.1 Å². The largest absolute Gasteiger partial charge is 0.355 e. The Morgan fingerprint density at radius 1 is 1.42 bits per heavy atom. The fourth-order valence-electron chi connectivity index (χ4n) is 2.09. The number of nitrogens with one attached hydrogen (secondary N) is 1. The Kier molecular flexibility index (Phi) is 6.87. The topological polar surface area (TPSA) is 59.8 Å². The number of carbonyl (C=O) groups excluding carboxylic acids is 1. The van der Waals surface area contributed by atoms with Gasteiger partial charge in [0.05, 0.1) is 5.25 Å². The Morgan fingerprint density at radius 2 is 2.12 bits per heavy atom. The van der Waals surface area contributed by atoms with Crippen molar-refractivity contribution < 1.29 is 4.79 Å². The molecule has 1 atom stereocenters. The molecule has 0 fully saturated rings. The smallest absolute Gasteiger partial charge is 0.233 e. The van der Waals surface area contributed by atoms with E-state index < -0.39 is 0 Å². The van der Waals surface area contributed by atoms with Crippen molar-refractivity contribution in [3.8, 4) is 11.4 Å². The number of thioether (sulfide) groups is 1. The van der Waals surface area contributed by atoms with Crippen LogP contribution in [0.3, 0.4) is 0 Å². The van der Waals surface area contributed by atoms with E-state index in [2.05, 4.69) is 22.1 Å². The Hall–Kier alpha value is -1.79. The maximum Gasteiger partial charge on any atom is 0.233 e. The van der Waals surface area contributed by atoms with Gasteiger partial charge in [-0.1, -0.05) is 36.4 Å². The molecular formula is C17H21ClN4OS. The van der Waals surface area contributed by atoms with Gasteiger partial charge in [-0.15, -0.1) is 16.8 Å². The van der Waals surface area contributed by atoms with Gasteiger partial charge >= 0.3 is 0 Å². The minimum absolute atomic E-state index is 0.00282. The van der Waals surface area contributed by atoms with Crippen molar-refractivity contribution in [1.29, 1.82) is 0 Å². The van der Waals surface area contributed by atoms with Crippen LogP contribution in [0, 0.1) is 0 Å². The fourth-order valence-corrected chi connectivity index (χ4v) is 3.09. The van der Waals surface area contributed by atoms with Gasteiger partial charge in [0, 0.05) is 23.7 Å². The molecule has 0 saturated heterocycles. The zero-order valence-corrected chi connectivity index (χ0v) is 15.4. The van der Waals surface area contributed by atoms with E-state index in [1.807, 2.05) is 42.7 Å². The van der Waals surface area contributed by atoms with Crippen molar-refractivity contribution in [2.24, 2.45) is 0 Å². The number of amides is 1. The molecule has 1 N–H and O–H groups in total. The second-order valence-electron chi connectivity index (χ2n) is 5.26. The molecular weight excluding hydrogens is 344 g/mol. The van der Waals surface area contributed by atoms with Crippen LogP contribution in [0.25, 0.3) is 11.4 Å². The second-order valence-corrected chi connectivity index (χ2v) is 7.01. The van der Waals surface area contributed by atoms with E-state index in [0.717, 1.165) is 17.8 Å². The molecule has 1 aromatic carbocycles. The minimum atomic E-state index is -0.248. The van der Waals surface area contributed by atoms with Gasteiger partial charge < -0.3 is 5.32 Å². The monoisotopic (exact) mass is 364 g/mol. The lowest BCUT2D eigenvalue weighted by atomic mass is 10.2. The molecule has 0 unspecified atom stereocenters. The lowest BCUT2D eigenvalue weighted by molar-refractivity contribution is -0.120. The molecule has 2 aromatic rings. The van der Waals surface area contributed by atoms with Gasteiger partial charge in [0.1, 0.15) is 0 Å². The Balaban J connectivity index is 2.23. The number of halogens is 1. The van der Waals surface area contributed by atoms with Gasteiger partial charge in [0.2, 0.25) is 5.91 Å². The van der Waals surface area contributed by atoms with E-state index >= 15 is 0 Å². The summed E-state index contributed by atoms with van der Waals surface area (Å²) in [5.74, 6) is 0.735. The molecule has 0 aliphatic heterocycles. The summed E-state index contributed by atoms with van der Waals surface area (Å²) >= 11 is 7.33. The highest BCUT2D eigenvalue weighted by Gasteiger charge is 2.20. The van der Waals surface area contributed by atoms with Gasteiger partial charge in [-0.3, -0.25) is 9.36 Å². The maximum absolute atomic E-state index is 12.1. The highest BCUT2D eigenvalue weighted by Crippen LogP contribution is 2.27. The summed E-state index contributed by atoms with van der Waals surface area (Å²) in [6, 6.07) is 7.43. The minimum Gasteiger partial charge on any atom is -0.355 e. The Bertz CT molecular complexity index is 699. The van der Waals surface area contributed by atoms with Crippen LogP contribution in [0.2, 0.25) is 5.02 Å². The molecule has 0 saturated carbocycles. The predicted octanol–water partition coefficient (Wildman–Crippen LogP) is 3.79. The molecule has 1 aromatic heterocycles. The average Bonchev–Trinajstić information content (AvgIpc) is 2.96. The normalized spacial score (nSPS) is 12.0. The Labute approximate surface area is 151 Å². The molecule has 24 heavy (non-hydrogen) atoms. The number of aromatic nitrogens is 3. The van der Waals surface area contributed by atoms with Crippen molar-refractivity contribution in [3.05, 3.63) is 41.9 Å². The van der Waals surface area contributed by atoms with Crippen LogP contribution in [0.15, 0.2) is 42.1 Å². The zero-order chi connectivity index (χ0) is 17.5. The first kappa shape index (κ1) is 18.5. The molecule has 1 amide bonds. The van der Waals surface area contributed by atoms with E-state index in [0.29, 0.717) is 23.3 Å². The third kappa shape index (κ3) is 4.61. The molecule has 5 nitrogen and oxygen atoms in total. The molecule has 0 bridgehead atoms. The quantitative estimate of drug-likeness (QED) is 0.571. The lowest BCUT2D eigenvalue weighted by Gasteiger charge is -2.12. The van der Waals surface area contributed by atoms with Crippen LogP contribution in [-0.4, -0.2) is 32.5 Å². The molecule has 0 radical (unpaired) electrons. The van der Waals surface area contributed by atoms with Gasteiger partial charge in [-0.2, -0.15) is 0 Å². The van der Waals surface area contributed by atoms with E-state index in [1.165, 1.54) is 11.8 Å². The van der Waals surface area contributed by atoms with E-state index in [1.54, 1.807) is 6.08 Å². The number of nitrogens with zero attached hydrogens (tertiary/aromatic N) is 3. The molecule has 0 aliphatic carbocycles. The van der Waals surface area contributed by atoms with Crippen LogP contribution < -0.4 is 5.32 Å². The van der Waals surface area contributed by atoms with E-state index in [4.69, 9.17) is 11.6 Å². The standard InChI is InChI=1S/C17H21ClN4OS/c1-4-10-19-16(23)12(3)24-17-21-20-15(22(17)11-5-2)13-6-8-14(18)9-7-13/h5-9,12H,2,4,10-11H2,1,3H3,(H,19,23)/t12-/m0/s1. The highest BCUT2D eigenvalue weighted by atomic mass is 35.5. The number of benzene rings is 1. The summed E-state index contributed by atoms with van der Waals surface area (Å²) in [6.07, 6.45) is 2.70. The van der Waals surface area contributed by atoms with Crippen LogP contribution in [0.4, 0.5) is 0 Å². The number of rotatable bonds is 8. The Morgan fingerprint density at radius 3 is 2.75 bits per heavy atom. The third-order valence-electron chi connectivity index (χ3n) is 3.33. The highest BCUT2D eigenvalue weighted by molar-refractivity contribution is 8.00. The number of carbonyl (C=O) groups is 1. The fraction of sp³-hybridized carbons (Fsp3) is 0.353. The first-order valence-electron chi connectivity index (χ1n) is 7.81. The van der Waals surface area contributed by atoms with Gasteiger partial charge in [-0.05, 0) is 37.6 Å². The van der Waals surface area contributed by atoms with Crippen molar-refractivity contribution >= 4 is 29.3 Å². The van der Waals surface area contributed by atoms with Crippen molar-refractivity contribution in [2.75, 3.05) is 6.54 Å². The molecule has 7 heteroatoms. The molecule has 1 heterocycles. The summed E-state index contributed by atoms with van der Waals surface area (Å²) < 4.78 is 1.95. The molecule has 128 valence electrons. The van der Waals surface area contributed by atoms with Gasteiger partial charge in [0.15, 0.2) is 11.0 Å². The summed E-state index contributed by atoms with van der Waals surface area (Å²) in [4.78, 5) is 12.1. The van der Waals surface area contributed by atoms with Crippen LogP contribution >= 0.6 is 23.4 Å². The first-order chi connectivity index (χ1) is 11.6. The molecule has 2 rings (SSSR count). The van der Waals surface area contributed by atoms with Gasteiger partial charge in [0.25, 0.3) is 0 Å². The third-order valence-corrected chi connectivity index (χ3v) is 4.66. The van der Waals surface area contributed by atoms with Crippen LogP contribution in [-0.2, 0) is 11.3 Å². The second kappa shape index (κ2) is 8.89. The average molecular weight is 365 g/mol. The first-order valence-corrected chi connectivity index (χ1v) is 9.07. The number of hydrogen-bond donors (Lipinski definition) is 1.